The Labute approximate surface area is 242 Å². The summed E-state index contributed by atoms with van der Waals surface area (Å²) in [5, 5.41) is 2.22. The molecule has 2 aliphatic heterocycles. The molecular formula is C32H52FN3O4. The molecule has 0 aromatic heterocycles. The molecule has 0 radical (unpaired) electrons. The number of hydrogen-bond donors (Lipinski definition) is 1. The minimum atomic E-state index is -0.226. The zero-order chi connectivity index (χ0) is 30.4. The third kappa shape index (κ3) is 13.4. The van der Waals surface area contributed by atoms with Gasteiger partial charge in [-0.05, 0) is 50.5 Å². The van der Waals surface area contributed by atoms with Crippen molar-refractivity contribution in [3.05, 3.63) is 30.1 Å². The van der Waals surface area contributed by atoms with Crippen molar-refractivity contribution in [2.45, 2.75) is 92.1 Å². The second kappa shape index (κ2) is 21.8. The molecule has 1 unspecified atom stereocenters. The number of halogens is 1. The number of hydrogen-bond acceptors (Lipinski definition) is 6. The SMILES string of the molecule is C#C.CC.CC(=O)CNC=O.CCCCCC1(CCC)C[C@H](CCN2CCN(c3ccc(F)cc3)CC2)OC1=O. The van der Waals surface area contributed by atoms with Crippen molar-refractivity contribution < 1.29 is 23.5 Å². The van der Waals surface area contributed by atoms with E-state index in [1.807, 2.05) is 26.0 Å². The van der Waals surface area contributed by atoms with Gasteiger partial charge in [0.1, 0.15) is 17.7 Å². The summed E-state index contributed by atoms with van der Waals surface area (Å²) >= 11 is 0. The Bertz CT molecular complexity index is 853. The van der Waals surface area contributed by atoms with Crippen molar-refractivity contribution in [3.8, 4) is 12.8 Å². The minimum absolute atomic E-state index is 0.0351. The summed E-state index contributed by atoms with van der Waals surface area (Å²) in [7, 11) is 0. The number of Topliss-reactive ketones (excluding diaryl/α,β-unsaturated/α-hetero) is 1. The van der Waals surface area contributed by atoms with Crippen LogP contribution in [-0.2, 0) is 19.1 Å². The van der Waals surface area contributed by atoms with E-state index in [1.165, 1.54) is 31.9 Å². The molecule has 7 nitrogen and oxygen atoms in total. The molecule has 2 heterocycles. The number of carbonyl (C=O) groups is 3. The van der Waals surface area contributed by atoms with Crippen molar-refractivity contribution in [1.29, 1.82) is 0 Å². The van der Waals surface area contributed by atoms with Crippen LogP contribution in [0.3, 0.4) is 0 Å². The monoisotopic (exact) mass is 561 g/mol. The zero-order valence-corrected chi connectivity index (χ0v) is 25.4. The van der Waals surface area contributed by atoms with Crippen LogP contribution >= 0.6 is 0 Å². The molecule has 8 heteroatoms. The average Bonchev–Trinajstić information content (AvgIpc) is 3.29. The van der Waals surface area contributed by atoms with Crippen LogP contribution in [0.5, 0.6) is 0 Å². The summed E-state index contributed by atoms with van der Waals surface area (Å²) in [5.41, 5.74) is 0.864. The molecule has 3 rings (SSSR count). The van der Waals surface area contributed by atoms with Crippen LogP contribution in [0.1, 0.15) is 86.0 Å². The van der Waals surface area contributed by atoms with E-state index in [9.17, 15) is 18.8 Å². The van der Waals surface area contributed by atoms with E-state index in [4.69, 9.17) is 4.74 Å². The molecule has 40 heavy (non-hydrogen) atoms. The van der Waals surface area contributed by atoms with E-state index in [0.717, 1.165) is 76.9 Å². The number of nitrogens with one attached hydrogen (secondary N) is 1. The van der Waals surface area contributed by atoms with Gasteiger partial charge in [-0.2, -0.15) is 0 Å². The molecule has 1 aromatic rings. The summed E-state index contributed by atoms with van der Waals surface area (Å²) in [6, 6.07) is 6.77. The fourth-order valence-electron chi connectivity index (χ4n) is 5.12. The standard InChI is InChI=1S/C24H37FN2O2.C4H7NO2.C2H6.C2H2/c1-3-5-6-13-24(12-4-2)19-22(29-23(24)28)11-14-26-15-17-27(18-16-26)21-9-7-20(25)8-10-21;1-4(7)2-5-3-6;2*1-2/h7-10,22H,3-6,11-19H2,1-2H3;3H,2H2,1H3,(H,5,6);1-2H3;1-2H/t22-,24?;;;/m0.../s1. The van der Waals surface area contributed by atoms with E-state index in [0.29, 0.717) is 6.41 Å². The van der Waals surface area contributed by atoms with Crippen LogP contribution in [0.25, 0.3) is 0 Å². The number of cyclic esters (lactones) is 1. The van der Waals surface area contributed by atoms with E-state index in [1.54, 1.807) is 0 Å². The summed E-state index contributed by atoms with van der Waals surface area (Å²) in [4.78, 5) is 36.9. The molecule has 2 atom stereocenters. The Balaban J connectivity index is 0.00000119. The van der Waals surface area contributed by atoms with E-state index in [2.05, 4.69) is 41.8 Å². The van der Waals surface area contributed by atoms with Crippen molar-refractivity contribution in [1.82, 2.24) is 10.2 Å². The molecule has 226 valence electrons. The van der Waals surface area contributed by atoms with Crippen LogP contribution in [-0.4, -0.2) is 68.4 Å². The van der Waals surface area contributed by atoms with Crippen LogP contribution in [0.2, 0.25) is 0 Å². The molecule has 0 aliphatic carbocycles. The summed E-state index contributed by atoms with van der Waals surface area (Å²) in [6.07, 6.45) is 16.9. The van der Waals surface area contributed by atoms with Crippen LogP contribution < -0.4 is 10.2 Å². The van der Waals surface area contributed by atoms with Crippen molar-refractivity contribution in [2.75, 3.05) is 44.2 Å². The largest absolute Gasteiger partial charge is 0.462 e. The number of benzene rings is 1. The third-order valence-corrected chi connectivity index (χ3v) is 7.08. The fourth-order valence-corrected chi connectivity index (χ4v) is 5.12. The van der Waals surface area contributed by atoms with Gasteiger partial charge < -0.3 is 15.0 Å². The molecule has 0 spiro atoms. The van der Waals surface area contributed by atoms with Gasteiger partial charge in [-0.3, -0.25) is 19.3 Å². The summed E-state index contributed by atoms with van der Waals surface area (Å²) < 4.78 is 19.0. The minimum Gasteiger partial charge on any atom is -0.462 e. The Hall–Kier alpha value is -2.92. The van der Waals surface area contributed by atoms with E-state index in [-0.39, 0.29) is 35.6 Å². The lowest BCUT2D eigenvalue weighted by Crippen LogP contribution is -2.47. The second-order valence-corrected chi connectivity index (χ2v) is 10.0. The predicted molar refractivity (Wildman–Crippen MR) is 162 cm³/mol. The quantitative estimate of drug-likeness (QED) is 0.146. The number of ether oxygens (including phenoxy) is 1. The third-order valence-electron chi connectivity index (χ3n) is 7.08. The first kappa shape index (κ1) is 37.1. The maximum absolute atomic E-state index is 13.1. The predicted octanol–water partition coefficient (Wildman–Crippen LogP) is 5.62. The van der Waals surface area contributed by atoms with Crippen molar-refractivity contribution in [3.63, 3.8) is 0 Å². The summed E-state index contributed by atoms with van der Waals surface area (Å²) in [6.45, 7) is 14.8. The Morgan fingerprint density at radius 1 is 1.07 bits per heavy atom. The topological polar surface area (TPSA) is 79.0 Å². The van der Waals surface area contributed by atoms with Gasteiger partial charge in [0.05, 0.1) is 12.0 Å². The van der Waals surface area contributed by atoms with Crippen LogP contribution in [0.15, 0.2) is 24.3 Å². The van der Waals surface area contributed by atoms with Gasteiger partial charge in [0, 0.05) is 44.8 Å². The highest BCUT2D eigenvalue weighted by molar-refractivity contribution is 5.79. The molecule has 2 fully saturated rings. The number of amides is 1. The van der Waals surface area contributed by atoms with Crippen molar-refractivity contribution >= 4 is 23.9 Å². The molecule has 2 aliphatic rings. The van der Waals surface area contributed by atoms with Gasteiger partial charge >= 0.3 is 5.97 Å². The molecule has 1 N–H and O–H groups in total. The Kier molecular flexibility index (Phi) is 20.3. The van der Waals surface area contributed by atoms with Crippen LogP contribution in [0.4, 0.5) is 10.1 Å². The molecule has 0 bridgehead atoms. The van der Waals surface area contributed by atoms with Gasteiger partial charge in [-0.15, -0.1) is 12.8 Å². The maximum atomic E-state index is 13.1. The van der Waals surface area contributed by atoms with E-state index >= 15 is 0 Å². The smallest absolute Gasteiger partial charge is 0.312 e. The average molecular weight is 562 g/mol. The van der Waals surface area contributed by atoms with Gasteiger partial charge in [-0.25, -0.2) is 4.39 Å². The lowest BCUT2D eigenvalue weighted by molar-refractivity contribution is -0.149. The lowest BCUT2D eigenvalue weighted by atomic mass is 9.76. The number of unbranched alkanes of at least 4 members (excludes halogenated alkanes) is 2. The molecule has 1 amide bonds. The molecular weight excluding hydrogens is 509 g/mol. The van der Waals surface area contributed by atoms with Crippen LogP contribution in [0, 0.1) is 24.1 Å². The number of rotatable bonds is 13. The first-order chi connectivity index (χ1) is 19.3. The number of ketones is 1. The van der Waals surface area contributed by atoms with Gasteiger partial charge in [0.25, 0.3) is 0 Å². The van der Waals surface area contributed by atoms with E-state index < -0.39 is 0 Å². The Morgan fingerprint density at radius 2 is 1.70 bits per heavy atom. The number of esters is 1. The maximum Gasteiger partial charge on any atom is 0.312 e. The fraction of sp³-hybridized carbons (Fsp3) is 0.656. The second-order valence-electron chi connectivity index (χ2n) is 10.0. The first-order valence-corrected chi connectivity index (χ1v) is 14.8. The zero-order valence-electron chi connectivity index (χ0n) is 25.4. The number of carbonyl (C=O) groups excluding carboxylic acids is 3. The van der Waals surface area contributed by atoms with Gasteiger partial charge in [0.15, 0.2) is 0 Å². The highest BCUT2D eigenvalue weighted by Crippen LogP contribution is 2.43. The highest BCUT2D eigenvalue weighted by Gasteiger charge is 2.47. The lowest BCUT2D eigenvalue weighted by Gasteiger charge is -2.36. The molecule has 1 aromatic carbocycles. The molecule has 0 saturated carbocycles. The van der Waals surface area contributed by atoms with Gasteiger partial charge in [-0.1, -0.05) is 53.4 Å². The highest BCUT2D eigenvalue weighted by atomic mass is 19.1. The number of anilines is 1. The van der Waals surface area contributed by atoms with Gasteiger partial charge in [0.2, 0.25) is 6.41 Å². The van der Waals surface area contributed by atoms with Crippen molar-refractivity contribution in [2.24, 2.45) is 5.41 Å². The molecule has 2 saturated heterocycles. The normalized spacial score (nSPS) is 19.9. The number of terminal acetylenes is 1. The summed E-state index contributed by atoms with van der Waals surface area (Å²) in [5.74, 6) is -0.166. The Morgan fingerprint density at radius 3 is 2.20 bits per heavy atom. The first-order valence-electron chi connectivity index (χ1n) is 14.8. The number of nitrogens with zero attached hydrogens (tertiary/aromatic N) is 2. The number of piperazine rings is 1.